The fourth-order valence-electron chi connectivity index (χ4n) is 2.72. The van der Waals surface area contributed by atoms with Crippen LogP contribution in [0.1, 0.15) is 40.5 Å². The van der Waals surface area contributed by atoms with Crippen LogP contribution in [-0.2, 0) is 4.84 Å². The van der Waals surface area contributed by atoms with E-state index in [1.165, 1.54) is 0 Å². The molecule has 1 atom stereocenters. The van der Waals surface area contributed by atoms with Crippen LogP contribution in [0.2, 0.25) is 0 Å². The second-order valence-electron chi connectivity index (χ2n) is 7.24. The van der Waals surface area contributed by atoms with Crippen molar-refractivity contribution in [2.45, 2.75) is 52.3 Å². The minimum absolute atomic E-state index is 0.0138. The van der Waals surface area contributed by atoms with E-state index in [1.54, 1.807) is 6.07 Å². The van der Waals surface area contributed by atoms with Crippen LogP contribution in [0.3, 0.4) is 0 Å². The minimum Gasteiger partial charge on any atom is -0.434 e. The molecular weight excluding hydrogens is 342 g/mol. The van der Waals surface area contributed by atoms with Gasteiger partial charge in [-0.25, -0.2) is 4.98 Å². The van der Waals surface area contributed by atoms with Crippen LogP contribution in [0, 0.1) is 0 Å². The third-order valence-corrected chi connectivity index (χ3v) is 4.01. The Kier molecular flexibility index (Phi) is 6.43. The van der Waals surface area contributed by atoms with Gasteiger partial charge in [-0.3, -0.25) is 4.90 Å². The highest BCUT2D eigenvalue weighted by atomic mass is 35.5. The van der Waals surface area contributed by atoms with Crippen molar-refractivity contribution in [1.82, 2.24) is 9.88 Å². The SMILES string of the molecule is CC(C)N(CC(O)CO/N=C(\Cl)c1nc2ccccc2o1)C(C)(C)C. The molecule has 138 valence electrons. The number of para-hydroxylation sites is 2. The third-order valence-electron chi connectivity index (χ3n) is 3.77. The van der Waals surface area contributed by atoms with E-state index in [-0.39, 0.29) is 23.2 Å². The number of fused-ring (bicyclic) bond motifs is 1. The Balaban J connectivity index is 1.92. The number of halogens is 1. The van der Waals surface area contributed by atoms with Gasteiger partial charge >= 0.3 is 0 Å². The first-order valence-corrected chi connectivity index (χ1v) is 8.72. The summed E-state index contributed by atoms with van der Waals surface area (Å²) < 4.78 is 5.50. The molecule has 0 spiro atoms. The molecular formula is C18H26ClN3O3. The molecule has 0 saturated carbocycles. The van der Waals surface area contributed by atoms with E-state index in [9.17, 15) is 5.11 Å². The van der Waals surface area contributed by atoms with Crippen LogP contribution in [0.5, 0.6) is 0 Å². The average Bonchev–Trinajstić information content (AvgIpc) is 2.95. The first-order chi connectivity index (χ1) is 11.7. The Labute approximate surface area is 153 Å². The number of aliphatic hydroxyl groups excluding tert-OH is 1. The highest BCUT2D eigenvalue weighted by Gasteiger charge is 2.26. The van der Waals surface area contributed by atoms with E-state index in [0.29, 0.717) is 23.7 Å². The predicted molar refractivity (Wildman–Crippen MR) is 100.0 cm³/mol. The summed E-state index contributed by atoms with van der Waals surface area (Å²) in [5, 5.41) is 14.0. The first-order valence-electron chi connectivity index (χ1n) is 8.34. The van der Waals surface area contributed by atoms with Gasteiger partial charge in [0.25, 0.3) is 5.89 Å². The van der Waals surface area contributed by atoms with Gasteiger partial charge in [0.15, 0.2) is 5.58 Å². The molecule has 0 radical (unpaired) electrons. The molecule has 7 heteroatoms. The highest BCUT2D eigenvalue weighted by Crippen LogP contribution is 2.18. The number of aromatic nitrogens is 1. The quantitative estimate of drug-likeness (QED) is 0.597. The van der Waals surface area contributed by atoms with Gasteiger partial charge in [0.05, 0.1) is 0 Å². The number of rotatable bonds is 7. The second-order valence-corrected chi connectivity index (χ2v) is 7.59. The molecule has 25 heavy (non-hydrogen) atoms. The number of hydrogen-bond acceptors (Lipinski definition) is 6. The molecule has 1 N–H and O–H groups in total. The zero-order valence-corrected chi connectivity index (χ0v) is 16.1. The predicted octanol–water partition coefficient (Wildman–Crippen LogP) is 3.61. The van der Waals surface area contributed by atoms with Crippen molar-refractivity contribution in [3.05, 3.63) is 30.2 Å². The maximum atomic E-state index is 10.2. The average molecular weight is 368 g/mol. The highest BCUT2D eigenvalue weighted by molar-refractivity contribution is 6.68. The van der Waals surface area contributed by atoms with Crippen LogP contribution in [0.15, 0.2) is 33.8 Å². The summed E-state index contributed by atoms with van der Waals surface area (Å²) in [6.07, 6.45) is -0.682. The lowest BCUT2D eigenvalue weighted by Gasteiger charge is -2.39. The van der Waals surface area contributed by atoms with Crippen molar-refractivity contribution >= 4 is 27.9 Å². The number of oxazole rings is 1. The van der Waals surface area contributed by atoms with Crippen LogP contribution in [-0.4, -0.2) is 51.0 Å². The van der Waals surface area contributed by atoms with Crippen molar-refractivity contribution < 1.29 is 14.4 Å². The Morgan fingerprint density at radius 1 is 1.36 bits per heavy atom. The molecule has 0 saturated heterocycles. The maximum Gasteiger partial charge on any atom is 0.261 e. The molecule has 0 aliphatic carbocycles. The Hall–Kier alpha value is -1.63. The van der Waals surface area contributed by atoms with E-state index >= 15 is 0 Å². The lowest BCUT2D eigenvalue weighted by Crippen LogP contribution is -2.50. The second kappa shape index (κ2) is 8.17. The Bertz CT molecular complexity index is 689. The molecule has 0 fully saturated rings. The summed E-state index contributed by atoms with van der Waals surface area (Å²) in [6, 6.07) is 7.65. The molecule has 0 aliphatic heterocycles. The summed E-state index contributed by atoms with van der Waals surface area (Å²) in [4.78, 5) is 11.6. The van der Waals surface area contributed by atoms with E-state index in [2.05, 4.69) is 49.7 Å². The van der Waals surface area contributed by atoms with Crippen LogP contribution in [0.4, 0.5) is 0 Å². The normalized spacial score (nSPS) is 14.5. The molecule has 2 rings (SSSR count). The number of aliphatic hydroxyl groups is 1. The molecule has 0 bridgehead atoms. The molecule has 2 aromatic rings. The molecule has 0 aliphatic rings. The van der Waals surface area contributed by atoms with E-state index in [1.807, 2.05) is 18.2 Å². The van der Waals surface area contributed by atoms with Crippen molar-refractivity contribution in [2.24, 2.45) is 5.16 Å². The van der Waals surface area contributed by atoms with Crippen LogP contribution < -0.4 is 0 Å². The van der Waals surface area contributed by atoms with Gasteiger partial charge in [0, 0.05) is 18.1 Å². The summed E-state index contributed by atoms with van der Waals surface area (Å²) >= 11 is 6.07. The van der Waals surface area contributed by atoms with Gasteiger partial charge in [0.1, 0.15) is 18.2 Å². The lowest BCUT2D eigenvalue weighted by atomic mass is 10.0. The fraction of sp³-hybridized carbons (Fsp3) is 0.556. The van der Waals surface area contributed by atoms with Crippen molar-refractivity contribution in [3.8, 4) is 0 Å². The topological polar surface area (TPSA) is 71.1 Å². The number of oxime groups is 1. The van der Waals surface area contributed by atoms with Crippen LogP contribution >= 0.6 is 11.6 Å². The number of β-amino-alcohol motifs (C(OH)–C–C–N with tert-alkyl or cyclic N) is 1. The molecule has 1 aromatic carbocycles. The minimum atomic E-state index is -0.682. The smallest absolute Gasteiger partial charge is 0.261 e. The summed E-state index contributed by atoms with van der Waals surface area (Å²) in [5.41, 5.74) is 1.28. The number of benzene rings is 1. The van der Waals surface area contributed by atoms with Crippen molar-refractivity contribution in [1.29, 1.82) is 0 Å². The van der Waals surface area contributed by atoms with Gasteiger partial charge in [-0.05, 0) is 46.8 Å². The maximum absolute atomic E-state index is 10.2. The molecule has 1 unspecified atom stereocenters. The molecule has 6 nitrogen and oxygen atoms in total. The Morgan fingerprint density at radius 2 is 2.04 bits per heavy atom. The summed E-state index contributed by atoms with van der Waals surface area (Å²) in [7, 11) is 0. The van der Waals surface area contributed by atoms with E-state index in [0.717, 1.165) is 0 Å². The van der Waals surface area contributed by atoms with Crippen LogP contribution in [0.25, 0.3) is 11.1 Å². The monoisotopic (exact) mass is 367 g/mol. The fourth-order valence-corrected chi connectivity index (χ4v) is 2.85. The Morgan fingerprint density at radius 3 is 2.64 bits per heavy atom. The van der Waals surface area contributed by atoms with Gasteiger partial charge in [0.2, 0.25) is 5.17 Å². The van der Waals surface area contributed by atoms with Gasteiger partial charge in [-0.2, -0.15) is 0 Å². The molecule has 1 heterocycles. The van der Waals surface area contributed by atoms with Gasteiger partial charge < -0.3 is 14.4 Å². The zero-order chi connectivity index (χ0) is 18.6. The number of nitrogens with zero attached hydrogens (tertiary/aromatic N) is 3. The largest absolute Gasteiger partial charge is 0.434 e. The van der Waals surface area contributed by atoms with Crippen molar-refractivity contribution in [3.63, 3.8) is 0 Å². The zero-order valence-electron chi connectivity index (χ0n) is 15.4. The third kappa shape index (κ3) is 5.42. The van der Waals surface area contributed by atoms with Crippen molar-refractivity contribution in [2.75, 3.05) is 13.2 Å². The van der Waals surface area contributed by atoms with Gasteiger partial charge in [-0.1, -0.05) is 28.9 Å². The summed E-state index contributed by atoms with van der Waals surface area (Å²) in [6.45, 7) is 11.1. The first kappa shape index (κ1) is 19.7. The van der Waals surface area contributed by atoms with E-state index in [4.69, 9.17) is 20.9 Å². The lowest BCUT2D eigenvalue weighted by molar-refractivity contribution is -0.0111. The number of hydrogen-bond donors (Lipinski definition) is 1. The van der Waals surface area contributed by atoms with Gasteiger partial charge in [-0.15, -0.1) is 0 Å². The van der Waals surface area contributed by atoms with E-state index < -0.39 is 6.10 Å². The molecule has 0 amide bonds. The summed E-state index contributed by atoms with van der Waals surface area (Å²) in [5.74, 6) is 0.191. The molecule has 1 aromatic heterocycles. The standard InChI is InChI=1S/C18H26ClN3O3/c1-12(2)22(18(3,4)5)10-13(23)11-24-21-16(19)17-20-14-8-6-7-9-15(14)25-17/h6-9,12-13,23H,10-11H2,1-5H3/b21-16-.